The Bertz CT molecular complexity index is 670. The number of benzene rings is 1. The van der Waals surface area contributed by atoms with Crippen LogP contribution >= 0.6 is 0 Å². The quantitative estimate of drug-likeness (QED) is 0.914. The minimum atomic E-state index is -0.163. The van der Waals surface area contributed by atoms with Crippen molar-refractivity contribution in [3.05, 3.63) is 48.2 Å². The molecule has 1 aromatic heterocycles. The molecule has 23 heavy (non-hydrogen) atoms. The van der Waals surface area contributed by atoms with Crippen LogP contribution in [0.15, 0.2) is 42.6 Å². The summed E-state index contributed by atoms with van der Waals surface area (Å²) in [6.45, 7) is 0.912. The van der Waals surface area contributed by atoms with Gasteiger partial charge in [-0.25, -0.2) is 0 Å². The van der Waals surface area contributed by atoms with E-state index < -0.39 is 0 Å². The number of fused-ring (bicyclic) bond motifs is 3. The second-order valence-corrected chi connectivity index (χ2v) is 7.00. The fraction of sp³-hybridized carbons (Fsp3) is 0.421. The van der Waals surface area contributed by atoms with Crippen LogP contribution in [0.5, 0.6) is 0 Å². The third kappa shape index (κ3) is 2.42. The number of rotatable bonds is 3. The van der Waals surface area contributed by atoms with E-state index in [9.17, 15) is 5.11 Å². The molecular weight excluding hydrogens is 288 g/mol. The van der Waals surface area contributed by atoms with Gasteiger partial charge in [-0.3, -0.25) is 4.98 Å². The van der Waals surface area contributed by atoms with E-state index >= 15 is 0 Å². The fourth-order valence-electron chi connectivity index (χ4n) is 3.86. The smallest absolute Gasteiger partial charge is 0.0932 e. The van der Waals surface area contributed by atoms with Gasteiger partial charge >= 0.3 is 0 Å². The van der Waals surface area contributed by atoms with Crippen molar-refractivity contribution >= 4 is 5.69 Å². The minimum absolute atomic E-state index is 0.00950. The van der Waals surface area contributed by atoms with Crippen LogP contribution in [0.2, 0.25) is 0 Å². The average molecular weight is 310 g/mol. The summed E-state index contributed by atoms with van der Waals surface area (Å²) in [5.74, 6) is 0. The Morgan fingerprint density at radius 2 is 1.78 bits per heavy atom. The zero-order valence-corrected chi connectivity index (χ0v) is 13.2. The minimum Gasteiger partial charge on any atom is -0.397 e. The van der Waals surface area contributed by atoms with E-state index in [1.165, 1.54) is 5.56 Å². The van der Waals surface area contributed by atoms with Gasteiger partial charge in [0.15, 0.2) is 0 Å². The molecule has 2 aromatic rings. The molecule has 0 atom stereocenters. The Kier molecular flexibility index (Phi) is 3.39. The lowest BCUT2D eigenvalue weighted by Gasteiger charge is -2.52. The number of nitrogen functional groups attached to an aromatic ring is 1. The van der Waals surface area contributed by atoms with Gasteiger partial charge in [0.1, 0.15) is 0 Å². The first-order valence-corrected chi connectivity index (χ1v) is 8.22. The lowest BCUT2D eigenvalue weighted by Crippen LogP contribution is -2.50. The van der Waals surface area contributed by atoms with E-state index in [1.54, 1.807) is 6.20 Å². The van der Waals surface area contributed by atoms with Crippen molar-refractivity contribution in [1.82, 2.24) is 4.98 Å². The van der Waals surface area contributed by atoms with Crippen LogP contribution < -0.4 is 5.73 Å². The Morgan fingerprint density at radius 3 is 2.30 bits per heavy atom. The number of pyridine rings is 1. The highest BCUT2D eigenvalue weighted by Crippen LogP contribution is 2.53. The second kappa shape index (κ2) is 5.32. The predicted octanol–water partition coefficient (Wildman–Crippen LogP) is 3.11. The molecule has 5 rings (SSSR count). The van der Waals surface area contributed by atoms with Gasteiger partial charge in [-0.1, -0.05) is 24.3 Å². The van der Waals surface area contributed by atoms with Crippen LogP contribution in [0.25, 0.3) is 11.3 Å². The Morgan fingerprint density at radius 1 is 1.04 bits per heavy atom. The summed E-state index contributed by atoms with van der Waals surface area (Å²) in [7, 11) is 0. The maximum Gasteiger partial charge on any atom is 0.0932 e. The summed E-state index contributed by atoms with van der Waals surface area (Å²) in [5, 5.41) is 9.61. The molecule has 1 aliphatic carbocycles. The number of hydrogen-bond donors (Lipinski definition) is 2. The molecule has 120 valence electrons. The van der Waals surface area contributed by atoms with Crippen molar-refractivity contribution in [1.29, 1.82) is 0 Å². The molecule has 4 heteroatoms. The van der Waals surface area contributed by atoms with Crippen molar-refractivity contribution in [2.75, 3.05) is 18.9 Å². The van der Waals surface area contributed by atoms with Gasteiger partial charge in [-0.15, -0.1) is 0 Å². The van der Waals surface area contributed by atoms with Crippen LogP contribution in [0.3, 0.4) is 0 Å². The normalized spacial score (nSPS) is 29.6. The van der Waals surface area contributed by atoms with Gasteiger partial charge in [-0.05, 0) is 43.4 Å². The lowest BCUT2D eigenvalue weighted by molar-refractivity contribution is -0.199. The van der Waals surface area contributed by atoms with Crippen LogP contribution in [0, 0.1) is 5.41 Å². The van der Waals surface area contributed by atoms with Gasteiger partial charge in [-0.2, -0.15) is 0 Å². The van der Waals surface area contributed by atoms with E-state index in [2.05, 4.69) is 29.2 Å². The molecule has 1 saturated carbocycles. The van der Waals surface area contributed by atoms with Crippen LogP contribution in [0.1, 0.15) is 31.2 Å². The maximum absolute atomic E-state index is 9.61. The molecular formula is C19H22N2O2. The highest BCUT2D eigenvalue weighted by molar-refractivity contribution is 5.61. The third-order valence-corrected chi connectivity index (χ3v) is 5.60. The number of aliphatic hydroxyl groups excluding tert-OH is 1. The number of aromatic nitrogens is 1. The molecule has 3 fully saturated rings. The SMILES string of the molecule is Nc1ccc(-c2ccc(C34CCC(CO)(CC3)CO4)cc2)nc1. The van der Waals surface area contributed by atoms with Crippen molar-refractivity contribution in [3.63, 3.8) is 0 Å². The first kappa shape index (κ1) is 14.7. The topological polar surface area (TPSA) is 68.4 Å². The summed E-state index contributed by atoms with van der Waals surface area (Å²) in [5.41, 5.74) is 9.46. The van der Waals surface area contributed by atoms with Crippen molar-refractivity contribution in [3.8, 4) is 11.3 Å². The van der Waals surface area contributed by atoms with E-state index in [1.807, 2.05) is 12.1 Å². The van der Waals surface area contributed by atoms with E-state index in [0.29, 0.717) is 12.3 Å². The zero-order valence-electron chi connectivity index (χ0n) is 13.2. The van der Waals surface area contributed by atoms with Crippen molar-refractivity contribution in [2.45, 2.75) is 31.3 Å². The van der Waals surface area contributed by atoms with Gasteiger partial charge in [0.05, 0.1) is 36.4 Å². The van der Waals surface area contributed by atoms with E-state index in [4.69, 9.17) is 10.5 Å². The van der Waals surface area contributed by atoms with Crippen LogP contribution in [-0.4, -0.2) is 23.3 Å². The summed E-state index contributed by atoms with van der Waals surface area (Å²) in [6, 6.07) is 12.3. The van der Waals surface area contributed by atoms with E-state index in [0.717, 1.165) is 36.9 Å². The molecule has 0 unspecified atom stereocenters. The first-order valence-electron chi connectivity index (χ1n) is 8.22. The molecule has 3 heterocycles. The summed E-state index contributed by atoms with van der Waals surface area (Å²) >= 11 is 0. The number of aliphatic hydroxyl groups is 1. The van der Waals surface area contributed by atoms with Gasteiger partial charge in [0, 0.05) is 11.0 Å². The molecule has 1 aromatic carbocycles. The summed E-state index contributed by atoms with van der Waals surface area (Å²) < 4.78 is 6.21. The summed E-state index contributed by atoms with van der Waals surface area (Å²) in [4.78, 5) is 4.37. The number of nitrogens with zero attached hydrogens (tertiary/aromatic N) is 1. The number of hydrogen-bond acceptors (Lipinski definition) is 4. The number of nitrogens with two attached hydrogens (primary N) is 1. The Labute approximate surface area is 136 Å². The third-order valence-electron chi connectivity index (χ3n) is 5.60. The van der Waals surface area contributed by atoms with Gasteiger partial charge < -0.3 is 15.6 Å². The molecule has 3 aliphatic rings. The fourth-order valence-corrected chi connectivity index (χ4v) is 3.86. The Balaban J connectivity index is 1.58. The highest BCUT2D eigenvalue weighted by Gasteiger charge is 2.50. The second-order valence-electron chi connectivity index (χ2n) is 7.00. The van der Waals surface area contributed by atoms with Gasteiger partial charge in [0.2, 0.25) is 0 Å². The molecule has 0 amide bonds. The lowest BCUT2D eigenvalue weighted by atomic mass is 9.64. The molecule has 2 aliphatic heterocycles. The Hall–Kier alpha value is -1.91. The van der Waals surface area contributed by atoms with Crippen LogP contribution in [-0.2, 0) is 10.3 Å². The highest BCUT2D eigenvalue weighted by atomic mass is 16.5. The number of anilines is 1. The predicted molar refractivity (Wildman–Crippen MR) is 89.7 cm³/mol. The monoisotopic (exact) mass is 310 g/mol. The molecule has 3 N–H and O–H groups in total. The maximum atomic E-state index is 9.61. The van der Waals surface area contributed by atoms with Crippen molar-refractivity contribution in [2.24, 2.45) is 5.41 Å². The van der Waals surface area contributed by atoms with Crippen molar-refractivity contribution < 1.29 is 9.84 Å². The average Bonchev–Trinajstić information content (AvgIpc) is 2.64. The van der Waals surface area contributed by atoms with Crippen LogP contribution in [0.4, 0.5) is 5.69 Å². The molecule has 4 nitrogen and oxygen atoms in total. The largest absolute Gasteiger partial charge is 0.397 e. The molecule has 0 spiro atoms. The summed E-state index contributed by atoms with van der Waals surface area (Å²) in [6.07, 6.45) is 5.76. The molecule has 2 saturated heterocycles. The number of ether oxygens (including phenoxy) is 1. The van der Waals surface area contributed by atoms with Gasteiger partial charge in [0.25, 0.3) is 0 Å². The molecule has 0 radical (unpaired) electrons. The first-order chi connectivity index (χ1) is 11.1. The molecule has 2 bridgehead atoms. The van der Waals surface area contributed by atoms with E-state index in [-0.39, 0.29) is 17.6 Å². The standard InChI is InChI=1S/C19H22N2O2/c20-16-5-6-17(21-11-16)14-1-3-15(4-2-14)19-9-7-18(12-22,8-10-19)13-23-19/h1-6,11,22H,7-10,12-13,20H2. The zero-order chi connectivity index (χ0) is 15.9.